The zero-order valence-electron chi connectivity index (χ0n) is 25.5. The number of rotatable bonds is 16. The molecule has 0 aliphatic rings. The van der Waals surface area contributed by atoms with Crippen LogP contribution in [0, 0.1) is 29.5 Å². The van der Waals surface area contributed by atoms with Gasteiger partial charge in [0.15, 0.2) is 0 Å². The van der Waals surface area contributed by atoms with Crippen LogP contribution in [-0.2, 0) is 12.8 Å². The number of hydrogen-bond donors (Lipinski definition) is 0. The summed E-state index contributed by atoms with van der Waals surface area (Å²) in [7, 11) is 0. The standard InChI is InChI=1S/C40H49F/c1-3-5-7-9-11-12-14-16-18-34-19-23-36(24-20-34)27-28-38-30-32-39(40(41)33-38)31-29-37-25-21-35(22-26-37)17-15-13-10-8-6-4-2/h19-26,30,32-33H,3-18H2,1-2H3. The molecular formula is C40H49F. The number of aryl methyl sites for hydroxylation is 2. The van der Waals surface area contributed by atoms with Gasteiger partial charge in [0.2, 0.25) is 0 Å². The molecule has 0 N–H and O–H groups in total. The highest BCUT2D eigenvalue weighted by Crippen LogP contribution is 2.14. The normalized spacial score (nSPS) is 10.5. The molecule has 3 aromatic carbocycles. The quantitative estimate of drug-likeness (QED) is 0.123. The Morgan fingerprint density at radius 3 is 1.29 bits per heavy atom. The zero-order valence-corrected chi connectivity index (χ0v) is 25.5. The lowest BCUT2D eigenvalue weighted by molar-refractivity contribution is 0.575. The first-order valence-corrected chi connectivity index (χ1v) is 16.2. The summed E-state index contributed by atoms with van der Waals surface area (Å²) in [6, 6.07) is 21.9. The minimum atomic E-state index is -0.329. The van der Waals surface area contributed by atoms with Crippen molar-refractivity contribution in [3.05, 3.63) is 106 Å². The van der Waals surface area contributed by atoms with Gasteiger partial charge in [0.05, 0.1) is 5.56 Å². The van der Waals surface area contributed by atoms with E-state index in [1.165, 1.54) is 107 Å². The molecule has 1 heteroatoms. The molecule has 0 fully saturated rings. The van der Waals surface area contributed by atoms with Crippen LogP contribution in [0.2, 0.25) is 0 Å². The van der Waals surface area contributed by atoms with E-state index in [0.29, 0.717) is 11.1 Å². The van der Waals surface area contributed by atoms with Crippen molar-refractivity contribution in [2.24, 2.45) is 0 Å². The van der Waals surface area contributed by atoms with E-state index >= 15 is 0 Å². The van der Waals surface area contributed by atoms with Crippen LogP contribution in [-0.4, -0.2) is 0 Å². The van der Waals surface area contributed by atoms with Gasteiger partial charge in [0, 0.05) is 16.7 Å². The van der Waals surface area contributed by atoms with Gasteiger partial charge in [0.25, 0.3) is 0 Å². The molecule has 0 heterocycles. The van der Waals surface area contributed by atoms with Gasteiger partial charge in [-0.05, 0) is 79.3 Å². The van der Waals surface area contributed by atoms with Crippen LogP contribution in [0.25, 0.3) is 0 Å². The minimum Gasteiger partial charge on any atom is -0.206 e. The average Bonchev–Trinajstić information content (AvgIpc) is 3.00. The molecule has 216 valence electrons. The average molecular weight is 549 g/mol. The van der Waals surface area contributed by atoms with Crippen LogP contribution in [0.4, 0.5) is 4.39 Å². The van der Waals surface area contributed by atoms with Crippen LogP contribution < -0.4 is 0 Å². The second-order valence-electron chi connectivity index (χ2n) is 11.3. The summed E-state index contributed by atoms with van der Waals surface area (Å²) in [5, 5.41) is 0. The van der Waals surface area contributed by atoms with Gasteiger partial charge in [-0.2, -0.15) is 0 Å². The second kappa shape index (κ2) is 19.7. The maximum atomic E-state index is 14.7. The summed E-state index contributed by atoms with van der Waals surface area (Å²) >= 11 is 0. The van der Waals surface area contributed by atoms with E-state index in [1.807, 2.05) is 18.2 Å². The van der Waals surface area contributed by atoms with Gasteiger partial charge in [-0.25, -0.2) is 4.39 Å². The Balaban J connectivity index is 1.44. The van der Waals surface area contributed by atoms with E-state index in [1.54, 1.807) is 6.07 Å². The molecule has 0 aliphatic heterocycles. The Kier molecular flexibility index (Phi) is 15.5. The van der Waals surface area contributed by atoms with Gasteiger partial charge in [-0.15, -0.1) is 0 Å². The number of halogens is 1. The molecule has 0 saturated heterocycles. The van der Waals surface area contributed by atoms with Gasteiger partial charge >= 0.3 is 0 Å². The van der Waals surface area contributed by atoms with Crippen molar-refractivity contribution in [1.29, 1.82) is 0 Å². The fraction of sp³-hybridized carbons (Fsp3) is 0.450. The minimum absolute atomic E-state index is 0.329. The maximum absolute atomic E-state index is 14.7. The molecule has 0 spiro atoms. The summed E-state index contributed by atoms with van der Waals surface area (Å²) in [5.41, 5.74) is 5.63. The monoisotopic (exact) mass is 548 g/mol. The highest BCUT2D eigenvalue weighted by molar-refractivity contribution is 5.49. The predicted octanol–water partition coefficient (Wildman–Crippen LogP) is 11.2. The van der Waals surface area contributed by atoms with E-state index < -0.39 is 0 Å². The van der Waals surface area contributed by atoms with Gasteiger partial charge < -0.3 is 0 Å². The lowest BCUT2D eigenvalue weighted by Gasteiger charge is -2.03. The molecule has 0 saturated carbocycles. The molecule has 0 bridgehead atoms. The molecule has 0 aliphatic carbocycles. The molecule has 0 radical (unpaired) electrons. The first-order chi connectivity index (χ1) is 20.2. The van der Waals surface area contributed by atoms with Crippen LogP contribution in [0.15, 0.2) is 66.7 Å². The van der Waals surface area contributed by atoms with Crippen molar-refractivity contribution >= 4 is 0 Å². The van der Waals surface area contributed by atoms with E-state index in [4.69, 9.17) is 0 Å². The Bertz CT molecular complexity index is 1260. The number of benzene rings is 3. The topological polar surface area (TPSA) is 0 Å². The van der Waals surface area contributed by atoms with E-state index in [9.17, 15) is 4.39 Å². The third-order valence-corrected chi connectivity index (χ3v) is 7.71. The first-order valence-electron chi connectivity index (χ1n) is 16.2. The molecule has 0 unspecified atom stereocenters. The first kappa shape index (κ1) is 32.2. The van der Waals surface area contributed by atoms with Gasteiger partial charge in [-0.1, -0.05) is 139 Å². The highest BCUT2D eigenvalue weighted by Gasteiger charge is 2.01. The molecule has 3 aromatic rings. The Hall–Kier alpha value is -3.29. The smallest absolute Gasteiger partial charge is 0.140 e. The summed E-state index contributed by atoms with van der Waals surface area (Å²) in [6.45, 7) is 4.52. The van der Waals surface area contributed by atoms with Crippen LogP contribution in [0.3, 0.4) is 0 Å². The summed E-state index contributed by atoms with van der Waals surface area (Å²) in [4.78, 5) is 0. The van der Waals surface area contributed by atoms with Gasteiger partial charge in [-0.3, -0.25) is 0 Å². The van der Waals surface area contributed by atoms with Crippen molar-refractivity contribution in [2.75, 3.05) is 0 Å². The Labute approximate surface area is 250 Å². The number of unbranched alkanes of at least 4 members (excludes halogenated alkanes) is 12. The van der Waals surface area contributed by atoms with E-state index in [0.717, 1.165) is 24.0 Å². The van der Waals surface area contributed by atoms with Crippen LogP contribution >= 0.6 is 0 Å². The summed E-state index contributed by atoms with van der Waals surface area (Å²) in [5.74, 6) is 12.0. The Morgan fingerprint density at radius 1 is 0.439 bits per heavy atom. The van der Waals surface area contributed by atoms with Crippen molar-refractivity contribution in [3.63, 3.8) is 0 Å². The van der Waals surface area contributed by atoms with E-state index in [-0.39, 0.29) is 5.82 Å². The predicted molar refractivity (Wildman–Crippen MR) is 175 cm³/mol. The molecule has 0 aromatic heterocycles. The van der Waals surface area contributed by atoms with Crippen LogP contribution in [0.1, 0.15) is 137 Å². The molecule has 0 atom stereocenters. The lowest BCUT2D eigenvalue weighted by Crippen LogP contribution is -1.88. The largest absolute Gasteiger partial charge is 0.206 e. The van der Waals surface area contributed by atoms with Crippen molar-refractivity contribution in [2.45, 2.75) is 117 Å². The molecule has 3 rings (SSSR count). The maximum Gasteiger partial charge on any atom is 0.140 e. The number of hydrogen-bond acceptors (Lipinski definition) is 0. The van der Waals surface area contributed by atoms with Crippen molar-refractivity contribution in [1.82, 2.24) is 0 Å². The molecule has 0 nitrogen and oxygen atoms in total. The van der Waals surface area contributed by atoms with Crippen LogP contribution in [0.5, 0.6) is 0 Å². The third-order valence-electron chi connectivity index (χ3n) is 7.71. The zero-order chi connectivity index (χ0) is 29.0. The third kappa shape index (κ3) is 13.3. The highest BCUT2D eigenvalue weighted by atomic mass is 19.1. The molecule has 41 heavy (non-hydrogen) atoms. The van der Waals surface area contributed by atoms with Crippen molar-refractivity contribution in [3.8, 4) is 23.7 Å². The SMILES string of the molecule is CCCCCCCCCCc1ccc(C#Cc2ccc(C#Cc3ccc(CCCCCCCC)cc3)c(F)c2)cc1. The Morgan fingerprint density at radius 2 is 0.829 bits per heavy atom. The second-order valence-corrected chi connectivity index (χ2v) is 11.3. The molecular weight excluding hydrogens is 499 g/mol. The fourth-order valence-electron chi connectivity index (χ4n) is 5.06. The molecule has 0 amide bonds. The van der Waals surface area contributed by atoms with Gasteiger partial charge in [0.1, 0.15) is 5.82 Å². The summed E-state index contributed by atoms with van der Waals surface area (Å²) < 4.78 is 14.7. The summed E-state index contributed by atoms with van der Waals surface area (Å²) in [6.07, 6.45) is 20.8. The van der Waals surface area contributed by atoms with E-state index in [2.05, 4.69) is 73.9 Å². The van der Waals surface area contributed by atoms with Crippen molar-refractivity contribution < 1.29 is 4.39 Å². The fourth-order valence-corrected chi connectivity index (χ4v) is 5.06. The lowest BCUT2D eigenvalue weighted by atomic mass is 10.0.